The first-order valence-electron chi connectivity index (χ1n) is 12.8. The molecule has 3 aromatic rings. The molecule has 0 radical (unpaired) electrons. The molecule has 1 atom stereocenters. The molecule has 0 aliphatic carbocycles. The van der Waals surface area contributed by atoms with Gasteiger partial charge in [0.05, 0.1) is 25.5 Å². The van der Waals surface area contributed by atoms with Crippen molar-refractivity contribution in [2.24, 2.45) is 5.92 Å². The Morgan fingerprint density at radius 1 is 1.00 bits per heavy atom. The summed E-state index contributed by atoms with van der Waals surface area (Å²) in [5, 5.41) is 10.5. The highest BCUT2D eigenvalue weighted by Gasteiger charge is 2.25. The number of carbonyl (C=O) groups excluding carboxylic acids is 2. The van der Waals surface area contributed by atoms with Gasteiger partial charge >= 0.3 is 0 Å². The third-order valence-electron chi connectivity index (χ3n) is 5.97. The molecule has 1 unspecified atom stereocenters. The SMILES string of the molecule is CCCNC(=O)C(CCc1ccccc1)NC(=O)c1cc(-c2c(OC)cccc2OC)n(CC(C)C)n1. The van der Waals surface area contributed by atoms with Crippen LogP contribution in [0.25, 0.3) is 11.3 Å². The van der Waals surface area contributed by atoms with Crippen molar-refractivity contribution in [3.63, 3.8) is 0 Å². The zero-order valence-corrected chi connectivity index (χ0v) is 22.4. The monoisotopic (exact) mass is 506 g/mol. The molecule has 0 aliphatic rings. The number of benzene rings is 2. The number of nitrogens with zero attached hydrogens (tertiary/aromatic N) is 2. The summed E-state index contributed by atoms with van der Waals surface area (Å²) >= 11 is 0. The fourth-order valence-corrected chi connectivity index (χ4v) is 4.15. The molecule has 0 fully saturated rings. The van der Waals surface area contributed by atoms with Crippen molar-refractivity contribution in [1.29, 1.82) is 0 Å². The van der Waals surface area contributed by atoms with Gasteiger partial charge in [0.1, 0.15) is 17.5 Å². The van der Waals surface area contributed by atoms with E-state index in [1.54, 1.807) is 25.0 Å². The van der Waals surface area contributed by atoms with E-state index in [2.05, 4.69) is 29.6 Å². The van der Waals surface area contributed by atoms with Crippen molar-refractivity contribution in [2.75, 3.05) is 20.8 Å². The van der Waals surface area contributed by atoms with Gasteiger partial charge in [0, 0.05) is 13.1 Å². The first-order valence-corrected chi connectivity index (χ1v) is 12.8. The van der Waals surface area contributed by atoms with Gasteiger partial charge in [-0.2, -0.15) is 5.10 Å². The van der Waals surface area contributed by atoms with Crippen molar-refractivity contribution < 1.29 is 19.1 Å². The summed E-state index contributed by atoms with van der Waals surface area (Å²) in [5.41, 5.74) is 2.78. The lowest BCUT2D eigenvalue weighted by atomic mass is 10.0. The lowest BCUT2D eigenvalue weighted by Gasteiger charge is -2.18. The Labute approximate surface area is 219 Å². The zero-order valence-electron chi connectivity index (χ0n) is 22.4. The number of carbonyl (C=O) groups is 2. The number of nitrogens with one attached hydrogen (secondary N) is 2. The first kappa shape index (κ1) is 27.8. The predicted octanol–water partition coefficient (Wildman–Crippen LogP) is 4.48. The minimum Gasteiger partial charge on any atom is -0.496 e. The quantitative estimate of drug-likeness (QED) is 0.356. The zero-order chi connectivity index (χ0) is 26.8. The Morgan fingerprint density at radius 3 is 2.27 bits per heavy atom. The Balaban J connectivity index is 1.91. The average molecular weight is 507 g/mol. The van der Waals surface area contributed by atoms with Crippen LogP contribution >= 0.6 is 0 Å². The Kier molecular flexibility index (Phi) is 10.1. The van der Waals surface area contributed by atoms with Gasteiger partial charge in [0.25, 0.3) is 5.91 Å². The van der Waals surface area contributed by atoms with Gasteiger partial charge in [-0.15, -0.1) is 0 Å². The summed E-state index contributed by atoms with van der Waals surface area (Å²) in [7, 11) is 3.20. The van der Waals surface area contributed by atoms with Crippen LogP contribution in [-0.2, 0) is 17.8 Å². The molecular formula is C29H38N4O4. The largest absolute Gasteiger partial charge is 0.496 e. The van der Waals surface area contributed by atoms with Crippen LogP contribution in [0.15, 0.2) is 54.6 Å². The number of aromatic nitrogens is 2. The Morgan fingerprint density at radius 2 is 1.68 bits per heavy atom. The van der Waals surface area contributed by atoms with Crippen molar-refractivity contribution in [1.82, 2.24) is 20.4 Å². The minimum absolute atomic E-state index is 0.195. The van der Waals surface area contributed by atoms with Crippen LogP contribution < -0.4 is 20.1 Å². The van der Waals surface area contributed by atoms with E-state index in [0.717, 1.165) is 17.5 Å². The Bertz CT molecular complexity index is 1150. The number of rotatable bonds is 13. The number of methoxy groups -OCH3 is 2. The molecule has 1 heterocycles. The maximum absolute atomic E-state index is 13.4. The number of ether oxygens (including phenoxy) is 2. The maximum atomic E-state index is 13.4. The van der Waals surface area contributed by atoms with Gasteiger partial charge in [0.15, 0.2) is 5.69 Å². The van der Waals surface area contributed by atoms with Crippen LogP contribution in [0.4, 0.5) is 0 Å². The van der Waals surface area contributed by atoms with Crippen LogP contribution in [0.5, 0.6) is 11.5 Å². The highest BCUT2D eigenvalue weighted by atomic mass is 16.5. The molecule has 0 aliphatic heterocycles. The second-order valence-corrected chi connectivity index (χ2v) is 9.37. The molecule has 2 aromatic carbocycles. The summed E-state index contributed by atoms with van der Waals surface area (Å²) in [6.45, 7) is 7.31. The van der Waals surface area contributed by atoms with Crippen LogP contribution in [0, 0.1) is 5.92 Å². The third kappa shape index (κ3) is 7.35. The first-order chi connectivity index (χ1) is 17.9. The van der Waals surface area contributed by atoms with E-state index >= 15 is 0 Å². The van der Waals surface area contributed by atoms with Gasteiger partial charge in [0.2, 0.25) is 5.91 Å². The van der Waals surface area contributed by atoms with Crippen LogP contribution in [0.3, 0.4) is 0 Å². The third-order valence-corrected chi connectivity index (χ3v) is 5.97. The summed E-state index contributed by atoms with van der Waals surface area (Å²) in [6, 6.07) is 16.5. The molecule has 0 saturated carbocycles. The summed E-state index contributed by atoms with van der Waals surface area (Å²) in [6.07, 6.45) is 1.96. The second-order valence-electron chi connectivity index (χ2n) is 9.37. The van der Waals surface area contributed by atoms with Gasteiger partial charge in [-0.1, -0.05) is 57.2 Å². The minimum atomic E-state index is -0.682. The van der Waals surface area contributed by atoms with Crippen molar-refractivity contribution in [2.45, 2.75) is 52.6 Å². The van der Waals surface area contributed by atoms with Crippen LogP contribution in [0.1, 0.15) is 49.7 Å². The van der Waals surface area contributed by atoms with E-state index in [9.17, 15) is 9.59 Å². The lowest BCUT2D eigenvalue weighted by molar-refractivity contribution is -0.123. The summed E-state index contributed by atoms with van der Waals surface area (Å²) in [5.74, 6) is 0.933. The molecule has 1 aromatic heterocycles. The van der Waals surface area contributed by atoms with Crippen LogP contribution in [-0.4, -0.2) is 48.4 Å². The predicted molar refractivity (Wildman–Crippen MR) is 145 cm³/mol. The van der Waals surface area contributed by atoms with Gasteiger partial charge in [-0.25, -0.2) is 0 Å². The number of hydrogen-bond acceptors (Lipinski definition) is 5. The highest BCUT2D eigenvalue weighted by Crippen LogP contribution is 2.38. The molecular weight excluding hydrogens is 468 g/mol. The summed E-state index contributed by atoms with van der Waals surface area (Å²) in [4.78, 5) is 26.3. The topological polar surface area (TPSA) is 94.5 Å². The Hall–Kier alpha value is -3.81. The molecule has 198 valence electrons. The summed E-state index contributed by atoms with van der Waals surface area (Å²) < 4.78 is 13.0. The molecule has 2 N–H and O–H groups in total. The molecule has 0 spiro atoms. The van der Waals surface area contributed by atoms with E-state index in [-0.39, 0.29) is 17.5 Å². The highest BCUT2D eigenvalue weighted by molar-refractivity contribution is 5.97. The van der Waals surface area contributed by atoms with Gasteiger partial charge < -0.3 is 20.1 Å². The van der Waals surface area contributed by atoms with E-state index in [1.165, 1.54) is 0 Å². The van der Waals surface area contributed by atoms with Gasteiger partial charge in [-0.05, 0) is 48.9 Å². The molecule has 8 heteroatoms. The van der Waals surface area contributed by atoms with E-state index in [4.69, 9.17) is 9.47 Å². The smallest absolute Gasteiger partial charge is 0.272 e. The van der Waals surface area contributed by atoms with Crippen molar-refractivity contribution >= 4 is 11.8 Å². The molecule has 3 rings (SSSR count). The average Bonchev–Trinajstić information content (AvgIpc) is 3.32. The second kappa shape index (κ2) is 13.5. The van der Waals surface area contributed by atoms with E-state index < -0.39 is 11.9 Å². The maximum Gasteiger partial charge on any atom is 0.272 e. The van der Waals surface area contributed by atoms with Crippen molar-refractivity contribution in [3.8, 4) is 22.8 Å². The standard InChI is InChI=1S/C29H38N4O4/c1-6-17-30-28(34)22(16-15-21-11-8-7-9-12-21)31-29(35)23-18-24(33(32-23)19-20(2)3)27-25(36-4)13-10-14-26(27)37-5/h7-14,18,20,22H,6,15-17,19H2,1-5H3,(H,30,34)(H,31,35). The molecule has 0 bridgehead atoms. The fourth-order valence-electron chi connectivity index (χ4n) is 4.15. The molecule has 2 amide bonds. The van der Waals surface area contributed by atoms with Crippen molar-refractivity contribution in [3.05, 3.63) is 65.9 Å². The number of hydrogen-bond donors (Lipinski definition) is 2. The normalized spacial score (nSPS) is 11.7. The number of amides is 2. The lowest BCUT2D eigenvalue weighted by Crippen LogP contribution is -2.47. The van der Waals surface area contributed by atoms with E-state index in [1.807, 2.05) is 55.5 Å². The van der Waals surface area contributed by atoms with E-state index in [0.29, 0.717) is 43.1 Å². The number of aryl methyl sites for hydroxylation is 1. The van der Waals surface area contributed by atoms with Gasteiger partial charge in [-0.3, -0.25) is 14.3 Å². The molecule has 0 saturated heterocycles. The molecule has 8 nitrogen and oxygen atoms in total. The fraction of sp³-hybridized carbons (Fsp3) is 0.414. The van der Waals surface area contributed by atoms with Crippen LogP contribution in [0.2, 0.25) is 0 Å². The molecule has 37 heavy (non-hydrogen) atoms.